The van der Waals surface area contributed by atoms with Crippen molar-refractivity contribution >= 4 is 12.0 Å². The first-order chi connectivity index (χ1) is 8.61. The van der Waals surface area contributed by atoms with Gasteiger partial charge >= 0.3 is 5.97 Å². The van der Waals surface area contributed by atoms with E-state index in [1.807, 2.05) is 42.3 Å². The molecule has 0 aromatic heterocycles. The minimum atomic E-state index is -0.951. The third-order valence-corrected chi connectivity index (χ3v) is 2.07. The van der Waals surface area contributed by atoms with E-state index < -0.39 is 5.97 Å². The molecule has 0 bridgehead atoms. The summed E-state index contributed by atoms with van der Waals surface area (Å²) < 4.78 is 7.21. The lowest BCUT2D eigenvalue weighted by Crippen LogP contribution is -2.10. The Morgan fingerprint density at radius 3 is 2.71 bits per heavy atom. The van der Waals surface area contributed by atoms with Crippen LogP contribution in [-0.4, -0.2) is 30.0 Å². The average molecular weight is 232 g/mol. The van der Waals surface area contributed by atoms with Gasteiger partial charge in [-0.05, 0) is 25.2 Å². The van der Waals surface area contributed by atoms with Crippen LogP contribution in [0.25, 0.3) is 6.08 Å². The fourth-order valence-corrected chi connectivity index (χ4v) is 1.35. The van der Waals surface area contributed by atoms with E-state index in [9.17, 15) is 4.79 Å². The van der Waals surface area contributed by atoms with E-state index in [1.165, 1.54) is 6.08 Å². The van der Waals surface area contributed by atoms with E-state index in [-0.39, 0.29) is 7.02 Å². The molecule has 0 aliphatic heterocycles. The highest BCUT2D eigenvalue weighted by molar-refractivity contribution is 5.80. The summed E-state index contributed by atoms with van der Waals surface area (Å²) in [4.78, 5) is 12.1. The first-order valence-electron chi connectivity index (χ1n) is 5.97. The van der Waals surface area contributed by atoms with Gasteiger partial charge in [0.15, 0.2) is 0 Å². The first kappa shape index (κ1) is 11.6. The highest BCUT2D eigenvalue weighted by Gasteiger charge is 1.94. The summed E-state index contributed by atoms with van der Waals surface area (Å²) in [6.45, 7) is 0.756. The van der Waals surface area contributed by atoms with Gasteiger partial charge in [0.25, 0.3) is 0 Å². The van der Waals surface area contributed by atoms with E-state index >= 15 is 0 Å². The summed E-state index contributed by atoms with van der Waals surface area (Å²) >= 11 is 0. The molecule has 0 fully saturated rings. The van der Waals surface area contributed by atoms with Crippen LogP contribution in [0.2, 0.25) is 0 Å². The Morgan fingerprint density at radius 2 is 2.12 bits per heavy atom. The molecule has 0 saturated heterocycles. The molecular formula is C14H17NO2. The summed E-state index contributed by atoms with van der Waals surface area (Å²) in [5.41, 5.74) is 2.17. The van der Waals surface area contributed by atoms with Gasteiger partial charge in [0, 0.05) is 14.0 Å². The number of nitrogens with zero attached hydrogens (tertiary/aromatic N) is 1. The molecule has 0 saturated carbocycles. The van der Waals surface area contributed by atoms with Crippen LogP contribution in [-0.2, 0) is 11.3 Å². The second-order valence-electron chi connectivity index (χ2n) is 3.81. The average Bonchev–Trinajstić information content (AvgIpc) is 2.36. The Morgan fingerprint density at radius 1 is 1.41 bits per heavy atom. The van der Waals surface area contributed by atoms with Gasteiger partial charge in [0.05, 0.1) is 0 Å². The maximum Gasteiger partial charge on any atom is 0.328 e. The monoisotopic (exact) mass is 232 g/mol. The van der Waals surface area contributed by atoms with Crippen LogP contribution in [0, 0.1) is 0 Å². The van der Waals surface area contributed by atoms with Crippen molar-refractivity contribution in [1.82, 2.24) is 4.90 Å². The lowest BCUT2D eigenvalue weighted by atomic mass is 10.1. The molecule has 17 heavy (non-hydrogen) atoms. The Labute approximate surface area is 103 Å². The number of hydrogen-bond donors (Lipinski definition) is 1. The highest BCUT2D eigenvalue weighted by atomic mass is 16.4. The molecule has 3 nitrogen and oxygen atoms in total. The van der Waals surface area contributed by atoms with Crippen LogP contribution in [0.5, 0.6) is 0 Å². The number of benzene rings is 1. The predicted molar refractivity (Wildman–Crippen MR) is 69.6 cm³/mol. The summed E-state index contributed by atoms with van der Waals surface area (Å²) in [5, 5.41) is 8.41. The number of aliphatic carboxylic acids is 1. The molecule has 0 aliphatic rings. The molecular weight excluding hydrogens is 214 g/mol. The van der Waals surface area contributed by atoms with Crippen molar-refractivity contribution in [3.05, 3.63) is 53.6 Å². The van der Waals surface area contributed by atoms with Crippen LogP contribution >= 0.6 is 0 Å². The Kier molecular flexibility index (Phi) is 4.55. The van der Waals surface area contributed by atoms with Crippen LogP contribution < -0.4 is 0 Å². The molecule has 0 heterocycles. The molecule has 1 N–H and O–H groups in total. The van der Waals surface area contributed by atoms with E-state index in [4.69, 9.17) is 6.48 Å². The maximum absolute atomic E-state index is 10.2. The largest absolute Gasteiger partial charge is 0.478 e. The van der Waals surface area contributed by atoms with E-state index in [1.54, 1.807) is 6.08 Å². The number of carbonyl (C=O) groups is 1. The Balaban J connectivity index is 2.57. The zero-order valence-corrected chi connectivity index (χ0v) is 9.84. The number of rotatable bonds is 5. The van der Waals surface area contributed by atoms with Crippen LogP contribution in [0.15, 0.2) is 42.5 Å². The third-order valence-electron chi connectivity index (χ3n) is 2.07. The maximum atomic E-state index is 10.2. The lowest BCUT2D eigenvalue weighted by Gasteiger charge is -2.09. The fourth-order valence-electron chi connectivity index (χ4n) is 1.35. The van der Waals surface area contributed by atoms with Gasteiger partial charge in [-0.1, -0.05) is 42.5 Å². The number of carboxylic acids is 1. The standard InChI is InChI=1S/C14H17NO2/c1-15(2)11-13-9-7-12(8-10-13)5-3-4-6-14(16)17/h3-10H,11H2,1-2H3,(H,16,17)/b5-3+,6-4+/i1D. The van der Waals surface area contributed by atoms with Crippen molar-refractivity contribution in [2.45, 2.75) is 6.54 Å². The number of hydrogen-bond acceptors (Lipinski definition) is 2. The second-order valence-corrected chi connectivity index (χ2v) is 3.81. The van der Waals surface area contributed by atoms with Gasteiger partial charge in [-0.3, -0.25) is 0 Å². The third kappa shape index (κ3) is 5.68. The molecule has 1 aromatic rings. The smallest absolute Gasteiger partial charge is 0.328 e. The zero-order valence-electron chi connectivity index (χ0n) is 10.8. The van der Waals surface area contributed by atoms with Gasteiger partial charge in [-0.15, -0.1) is 0 Å². The summed E-state index contributed by atoms with van der Waals surface area (Å²) in [6.07, 6.45) is 6.12. The van der Waals surface area contributed by atoms with Gasteiger partial charge < -0.3 is 10.0 Å². The molecule has 0 amide bonds. The summed E-state index contributed by atoms with van der Waals surface area (Å²) in [7, 11) is 2.18. The van der Waals surface area contributed by atoms with Gasteiger partial charge in [0.1, 0.15) is 0 Å². The van der Waals surface area contributed by atoms with Crippen molar-refractivity contribution in [3.8, 4) is 0 Å². The molecule has 1 aromatic carbocycles. The Bertz CT molecular complexity index is 438. The van der Waals surface area contributed by atoms with Crippen molar-refractivity contribution in [3.63, 3.8) is 0 Å². The molecule has 0 atom stereocenters. The van der Waals surface area contributed by atoms with Crippen molar-refractivity contribution in [1.29, 1.82) is 0 Å². The van der Waals surface area contributed by atoms with Crippen molar-refractivity contribution in [2.24, 2.45) is 0 Å². The van der Waals surface area contributed by atoms with Crippen LogP contribution in [0.4, 0.5) is 0 Å². The zero-order chi connectivity index (χ0) is 13.4. The normalized spacial score (nSPS) is 12.5. The quantitative estimate of drug-likeness (QED) is 0.626. The minimum Gasteiger partial charge on any atom is -0.478 e. The van der Waals surface area contributed by atoms with E-state index in [0.717, 1.165) is 23.7 Å². The van der Waals surface area contributed by atoms with Crippen molar-refractivity contribution < 1.29 is 11.3 Å². The molecule has 0 aliphatic carbocycles. The number of carboxylic acid groups (broad SMARTS) is 1. The lowest BCUT2D eigenvalue weighted by molar-refractivity contribution is -0.131. The fraction of sp³-hybridized carbons (Fsp3) is 0.214. The number of allylic oxidation sites excluding steroid dienone is 2. The van der Waals surface area contributed by atoms with Crippen LogP contribution in [0.1, 0.15) is 12.5 Å². The Hall–Kier alpha value is -1.87. The SMILES string of the molecule is [2H]CN(C)Cc1ccc(/C=C/C=C/C(=O)O)cc1. The van der Waals surface area contributed by atoms with Gasteiger partial charge in [-0.2, -0.15) is 0 Å². The van der Waals surface area contributed by atoms with Crippen LogP contribution in [0.3, 0.4) is 0 Å². The molecule has 0 radical (unpaired) electrons. The first-order valence-corrected chi connectivity index (χ1v) is 5.26. The molecule has 3 heteroatoms. The molecule has 90 valence electrons. The topological polar surface area (TPSA) is 40.5 Å². The molecule has 0 spiro atoms. The summed E-state index contributed by atoms with van der Waals surface area (Å²) in [6, 6.07) is 7.95. The van der Waals surface area contributed by atoms with Gasteiger partial charge in [-0.25, -0.2) is 4.79 Å². The predicted octanol–water partition coefficient (Wildman–Crippen LogP) is 2.40. The van der Waals surface area contributed by atoms with E-state index in [2.05, 4.69) is 0 Å². The molecule has 1 rings (SSSR count). The second kappa shape index (κ2) is 6.66. The van der Waals surface area contributed by atoms with Gasteiger partial charge in [0.2, 0.25) is 0 Å². The van der Waals surface area contributed by atoms with Crippen molar-refractivity contribution in [2.75, 3.05) is 14.1 Å². The van der Waals surface area contributed by atoms with E-state index in [0.29, 0.717) is 0 Å². The summed E-state index contributed by atoms with van der Waals surface area (Å²) in [5.74, 6) is -0.951. The minimum absolute atomic E-state index is 0.279. The molecule has 0 unspecified atom stereocenters. The highest BCUT2D eigenvalue weighted by Crippen LogP contribution is 2.07.